The highest BCUT2D eigenvalue weighted by Crippen LogP contribution is 2.29. The number of aryl methyl sites for hydroxylation is 3. The van der Waals surface area contributed by atoms with Crippen LogP contribution in [0.15, 0.2) is 29.1 Å². The van der Waals surface area contributed by atoms with Crippen LogP contribution < -0.4 is 15.6 Å². The van der Waals surface area contributed by atoms with Gasteiger partial charge in [-0.2, -0.15) is 0 Å². The Morgan fingerprint density at radius 1 is 1.28 bits per heavy atom. The van der Waals surface area contributed by atoms with Gasteiger partial charge in [0.2, 0.25) is 5.91 Å². The van der Waals surface area contributed by atoms with Gasteiger partial charge >= 0.3 is 0 Å². The van der Waals surface area contributed by atoms with Gasteiger partial charge in [-0.15, -0.1) is 11.3 Å². The van der Waals surface area contributed by atoms with E-state index in [2.05, 4.69) is 10.3 Å². The van der Waals surface area contributed by atoms with Gasteiger partial charge in [0.25, 0.3) is 5.56 Å². The zero-order valence-electron chi connectivity index (χ0n) is 16.9. The van der Waals surface area contributed by atoms with Gasteiger partial charge < -0.3 is 10.1 Å². The molecule has 0 bridgehead atoms. The van der Waals surface area contributed by atoms with Crippen LogP contribution in [0.25, 0.3) is 4.96 Å². The number of ether oxygens (including phenoxy) is 1. The summed E-state index contributed by atoms with van der Waals surface area (Å²) in [5, 5.41) is 2.91. The second-order valence-corrected chi connectivity index (χ2v) is 8.88. The van der Waals surface area contributed by atoms with Crippen molar-refractivity contribution < 1.29 is 9.53 Å². The fraction of sp³-hybridized carbons (Fsp3) is 0.409. The van der Waals surface area contributed by atoms with E-state index in [1.165, 1.54) is 11.3 Å². The highest BCUT2D eigenvalue weighted by molar-refractivity contribution is 7.17. The van der Waals surface area contributed by atoms with E-state index in [1.54, 1.807) is 21.8 Å². The maximum absolute atomic E-state index is 12.7. The van der Waals surface area contributed by atoms with Gasteiger partial charge in [0.1, 0.15) is 12.4 Å². The van der Waals surface area contributed by atoms with E-state index in [-0.39, 0.29) is 24.0 Å². The van der Waals surface area contributed by atoms with Crippen LogP contribution in [0.3, 0.4) is 0 Å². The van der Waals surface area contributed by atoms with E-state index in [9.17, 15) is 9.59 Å². The number of thiazole rings is 1. The molecule has 2 aromatic heterocycles. The molecule has 0 atom stereocenters. The SMILES string of the molecule is Cc1ccc(OCc2cc(=O)n3c4c(sc3n2)CCCC4)c(NC(=O)C(C)C)c1. The zero-order valence-corrected chi connectivity index (χ0v) is 17.8. The standard InChI is InChI=1S/C22H25N3O3S/c1-13(2)21(27)24-16-10-14(3)8-9-18(16)28-12-15-11-20(26)25-17-6-4-5-7-19(17)29-22(25)23-15/h8-11,13H,4-7,12H2,1-3H3,(H,24,27). The number of nitrogens with one attached hydrogen (secondary N) is 1. The maximum Gasteiger partial charge on any atom is 0.259 e. The summed E-state index contributed by atoms with van der Waals surface area (Å²) in [6.45, 7) is 5.82. The van der Waals surface area contributed by atoms with Gasteiger partial charge in [-0.1, -0.05) is 19.9 Å². The second kappa shape index (κ2) is 7.99. The molecule has 0 unspecified atom stereocenters. The molecule has 0 saturated carbocycles. The summed E-state index contributed by atoms with van der Waals surface area (Å²) in [5.41, 5.74) is 3.32. The number of benzene rings is 1. The number of carbonyl (C=O) groups excluding carboxylic acids is 1. The Morgan fingerprint density at radius 3 is 2.86 bits per heavy atom. The lowest BCUT2D eigenvalue weighted by Crippen LogP contribution is -2.19. The van der Waals surface area contributed by atoms with Crippen LogP contribution in [0.4, 0.5) is 5.69 Å². The molecule has 0 radical (unpaired) electrons. The molecule has 1 amide bonds. The lowest BCUT2D eigenvalue weighted by Gasteiger charge is -2.14. The quantitative estimate of drug-likeness (QED) is 0.686. The Labute approximate surface area is 173 Å². The summed E-state index contributed by atoms with van der Waals surface area (Å²) >= 11 is 1.61. The number of carbonyl (C=O) groups is 1. The van der Waals surface area contributed by atoms with Crippen LogP contribution in [0.1, 0.15) is 48.5 Å². The van der Waals surface area contributed by atoms with Gasteiger partial charge in [-0.05, 0) is 50.3 Å². The third-order valence-corrected chi connectivity index (χ3v) is 6.25. The monoisotopic (exact) mass is 411 g/mol. The van der Waals surface area contributed by atoms with Crippen molar-refractivity contribution in [2.24, 2.45) is 5.92 Å². The third-order valence-electron chi connectivity index (χ3n) is 5.11. The number of nitrogens with zero attached hydrogens (tertiary/aromatic N) is 2. The Balaban J connectivity index is 1.59. The van der Waals surface area contributed by atoms with Crippen molar-refractivity contribution in [3.63, 3.8) is 0 Å². The van der Waals surface area contributed by atoms with E-state index >= 15 is 0 Å². The van der Waals surface area contributed by atoms with Crippen molar-refractivity contribution in [1.82, 2.24) is 9.38 Å². The van der Waals surface area contributed by atoms with Crippen molar-refractivity contribution >= 4 is 27.9 Å². The molecule has 1 aliphatic carbocycles. The molecule has 0 aliphatic heterocycles. The van der Waals surface area contributed by atoms with Crippen LogP contribution in [-0.4, -0.2) is 15.3 Å². The van der Waals surface area contributed by atoms with Crippen LogP contribution in [-0.2, 0) is 24.2 Å². The van der Waals surface area contributed by atoms with Gasteiger partial charge in [0, 0.05) is 22.6 Å². The molecular formula is C22H25N3O3S. The summed E-state index contributed by atoms with van der Waals surface area (Å²) < 4.78 is 7.70. The molecule has 7 heteroatoms. The number of hydrogen-bond acceptors (Lipinski definition) is 5. The molecule has 0 fully saturated rings. The Hall–Kier alpha value is -2.67. The van der Waals surface area contributed by atoms with Crippen molar-refractivity contribution in [2.75, 3.05) is 5.32 Å². The maximum atomic E-state index is 12.7. The normalized spacial score (nSPS) is 13.5. The van der Waals surface area contributed by atoms with Crippen molar-refractivity contribution in [2.45, 2.75) is 53.1 Å². The predicted molar refractivity (Wildman–Crippen MR) is 115 cm³/mol. The third kappa shape index (κ3) is 4.05. The summed E-state index contributed by atoms with van der Waals surface area (Å²) in [6, 6.07) is 7.20. The Kier molecular flexibility index (Phi) is 5.41. The fourth-order valence-electron chi connectivity index (χ4n) is 3.51. The molecule has 0 saturated heterocycles. The molecule has 6 nitrogen and oxygen atoms in total. The van der Waals surface area contributed by atoms with E-state index in [0.29, 0.717) is 17.1 Å². The number of amides is 1. The Bertz CT molecular complexity index is 1130. The molecule has 4 rings (SSSR count). The lowest BCUT2D eigenvalue weighted by molar-refractivity contribution is -0.118. The fourth-order valence-corrected chi connectivity index (χ4v) is 4.74. The number of anilines is 1. The largest absolute Gasteiger partial charge is 0.485 e. The van der Waals surface area contributed by atoms with E-state index in [1.807, 2.05) is 39.0 Å². The zero-order chi connectivity index (χ0) is 20.5. The van der Waals surface area contributed by atoms with E-state index in [0.717, 1.165) is 35.5 Å². The molecule has 1 N–H and O–H groups in total. The van der Waals surface area contributed by atoms with Crippen LogP contribution in [0, 0.1) is 12.8 Å². The van der Waals surface area contributed by atoms with E-state index < -0.39 is 0 Å². The highest BCUT2D eigenvalue weighted by atomic mass is 32.1. The summed E-state index contributed by atoms with van der Waals surface area (Å²) in [4.78, 5) is 31.5. The molecular weight excluding hydrogens is 386 g/mol. The predicted octanol–water partition coefficient (Wildman–Crippen LogP) is 4.12. The smallest absolute Gasteiger partial charge is 0.259 e. The number of hydrogen-bond donors (Lipinski definition) is 1. The molecule has 29 heavy (non-hydrogen) atoms. The van der Waals surface area contributed by atoms with Crippen molar-refractivity contribution in [1.29, 1.82) is 0 Å². The average Bonchev–Trinajstić information content (AvgIpc) is 3.06. The number of aromatic nitrogens is 2. The van der Waals surface area contributed by atoms with Gasteiger partial charge in [-0.25, -0.2) is 4.98 Å². The van der Waals surface area contributed by atoms with Gasteiger partial charge in [0.15, 0.2) is 4.96 Å². The first kappa shape index (κ1) is 19.6. The Morgan fingerprint density at radius 2 is 2.07 bits per heavy atom. The molecule has 3 aromatic rings. The van der Waals surface area contributed by atoms with Crippen LogP contribution in [0.2, 0.25) is 0 Å². The minimum Gasteiger partial charge on any atom is -0.485 e. The van der Waals surface area contributed by atoms with Crippen molar-refractivity contribution in [3.8, 4) is 5.75 Å². The average molecular weight is 412 g/mol. The number of rotatable bonds is 5. The summed E-state index contributed by atoms with van der Waals surface area (Å²) in [7, 11) is 0. The van der Waals surface area contributed by atoms with Gasteiger partial charge in [0.05, 0.1) is 11.4 Å². The molecule has 1 aromatic carbocycles. The molecule has 152 valence electrons. The van der Waals surface area contributed by atoms with Crippen LogP contribution >= 0.6 is 11.3 Å². The van der Waals surface area contributed by atoms with Crippen LogP contribution in [0.5, 0.6) is 5.75 Å². The minimum absolute atomic E-state index is 0.0507. The summed E-state index contributed by atoms with van der Waals surface area (Å²) in [5.74, 6) is 0.372. The molecule has 1 aliphatic rings. The first-order chi connectivity index (χ1) is 13.9. The molecule has 2 heterocycles. The summed E-state index contributed by atoms with van der Waals surface area (Å²) in [6.07, 6.45) is 4.25. The van der Waals surface area contributed by atoms with Gasteiger partial charge in [-0.3, -0.25) is 14.0 Å². The topological polar surface area (TPSA) is 72.7 Å². The first-order valence-electron chi connectivity index (χ1n) is 10.00. The minimum atomic E-state index is -0.127. The lowest BCUT2D eigenvalue weighted by atomic mass is 10.0. The first-order valence-corrected chi connectivity index (χ1v) is 10.8. The second-order valence-electron chi connectivity index (χ2n) is 7.81. The molecule has 0 spiro atoms. The van der Waals surface area contributed by atoms with Crippen molar-refractivity contribution in [3.05, 3.63) is 56.4 Å². The number of fused-ring (bicyclic) bond motifs is 3. The highest BCUT2D eigenvalue weighted by Gasteiger charge is 2.19. The van der Waals surface area contributed by atoms with E-state index in [4.69, 9.17) is 4.74 Å².